The van der Waals surface area contributed by atoms with E-state index in [0.29, 0.717) is 0 Å². The van der Waals surface area contributed by atoms with Crippen molar-refractivity contribution in [2.75, 3.05) is 6.61 Å². The fourth-order valence-corrected chi connectivity index (χ4v) is 1.88. The van der Waals surface area contributed by atoms with Gasteiger partial charge in [0.05, 0.1) is 12.6 Å². The maximum absolute atomic E-state index is 8.94. The molecule has 3 nitrogen and oxygen atoms in total. The van der Waals surface area contributed by atoms with Crippen LogP contribution in [-0.4, -0.2) is 16.7 Å². The first-order valence-electron chi connectivity index (χ1n) is 4.35. The first-order chi connectivity index (χ1) is 6.72. The number of aliphatic hydroxyl groups excluding tert-OH is 1. The van der Waals surface area contributed by atoms with Crippen LogP contribution in [-0.2, 0) is 0 Å². The molecule has 1 aromatic heterocycles. The van der Waals surface area contributed by atoms with Gasteiger partial charge >= 0.3 is 0 Å². The van der Waals surface area contributed by atoms with E-state index in [4.69, 9.17) is 10.8 Å². The number of benzene rings is 1. The Hall–Kier alpha value is -0.840. The summed E-state index contributed by atoms with van der Waals surface area (Å²) >= 11 is 3.44. The van der Waals surface area contributed by atoms with Crippen molar-refractivity contribution in [1.29, 1.82) is 0 Å². The van der Waals surface area contributed by atoms with Gasteiger partial charge in [-0.05, 0) is 33.6 Å². The number of fused-ring (bicyclic) bond motifs is 1. The number of hydrogen-bond acceptors (Lipinski definition) is 2. The molecule has 0 saturated carbocycles. The largest absolute Gasteiger partial charge is 0.394 e. The minimum atomic E-state index is -0.304. The Balaban J connectivity index is 2.54. The highest BCUT2D eigenvalue weighted by atomic mass is 79.9. The molecule has 1 aromatic carbocycles. The molecule has 2 rings (SSSR count). The minimum Gasteiger partial charge on any atom is -0.394 e. The molecule has 0 radical (unpaired) electrons. The molecule has 74 valence electrons. The normalized spacial score (nSPS) is 13.4. The highest BCUT2D eigenvalue weighted by Crippen LogP contribution is 2.25. The van der Waals surface area contributed by atoms with Crippen LogP contribution in [0.2, 0.25) is 0 Å². The highest BCUT2D eigenvalue weighted by Gasteiger charge is 2.07. The Morgan fingerprint density at radius 1 is 1.50 bits per heavy atom. The number of H-pyrrole nitrogens is 1. The molecule has 4 heteroatoms. The Labute approximate surface area is 90.1 Å². The molecule has 0 saturated heterocycles. The fourth-order valence-electron chi connectivity index (χ4n) is 1.44. The van der Waals surface area contributed by atoms with Crippen molar-refractivity contribution in [3.05, 3.63) is 34.4 Å². The maximum Gasteiger partial charge on any atom is 0.0624 e. The van der Waals surface area contributed by atoms with Crippen LogP contribution < -0.4 is 5.73 Å². The van der Waals surface area contributed by atoms with Gasteiger partial charge in [0.25, 0.3) is 0 Å². The van der Waals surface area contributed by atoms with Crippen molar-refractivity contribution in [2.45, 2.75) is 6.04 Å². The summed E-state index contributed by atoms with van der Waals surface area (Å²) in [5.41, 5.74) is 7.73. The maximum atomic E-state index is 8.94. The molecular weight excluding hydrogens is 244 g/mol. The average Bonchev–Trinajstić information content (AvgIpc) is 2.59. The number of halogens is 1. The van der Waals surface area contributed by atoms with Crippen LogP contribution in [0, 0.1) is 0 Å². The second kappa shape index (κ2) is 3.73. The fraction of sp³-hybridized carbons (Fsp3) is 0.200. The third-order valence-corrected chi connectivity index (χ3v) is 2.94. The van der Waals surface area contributed by atoms with Gasteiger partial charge in [-0.3, -0.25) is 0 Å². The van der Waals surface area contributed by atoms with E-state index >= 15 is 0 Å². The predicted molar refractivity (Wildman–Crippen MR) is 60.0 cm³/mol. The van der Waals surface area contributed by atoms with Crippen LogP contribution in [0.4, 0.5) is 0 Å². The molecule has 2 aromatic rings. The van der Waals surface area contributed by atoms with E-state index in [1.807, 2.05) is 24.4 Å². The summed E-state index contributed by atoms with van der Waals surface area (Å²) in [6, 6.07) is 5.56. The zero-order chi connectivity index (χ0) is 10.1. The number of nitrogens with two attached hydrogens (primary N) is 1. The van der Waals surface area contributed by atoms with Crippen molar-refractivity contribution < 1.29 is 5.11 Å². The third-order valence-electron chi connectivity index (χ3n) is 2.28. The molecular formula is C10H11BrN2O. The lowest BCUT2D eigenvalue weighted by Gasteiger charge is -2.08. The highest BCUT2D eigenvalue weighted by molar-refractivity contribution is 9.10. The summed E-state index contributed by atoms with van der Waals surface area (Å²) in [6.07, 6.45) is 1.89. The lowest BCUT2D eigenvalue weighted by molar-refractivity contribution is 0.268. The summed E-state index contributed by atoms with van der Waals surface area (Å²) in [7, 11) is 0. The summed E-state index contributed by atoms with van der Waals surface area (Å²) in [4.78, 5) is 3.12. The molecule has 0 aliphatic rings. The standard InChI is InChI=1S/C10H11BrN2O/c11-8-4-13-10-2-1-6(3-7(8)10)9(12)5-14/h1-4,9,13-14H,5,12H2. The van der Waals surface area contributed by atoms with Crippen LogP contribution >= 0.6 is 15.9 Å². The summed E-state index contributed by atoms with van der Waals surface area (Å²) < 4.78 is 1.01. The van der Waals surface area contributed by atoms with Gasteiger partial charge in [-0.15, -0.1) is 0 Å². The van der Waals surface area contributed by atoms with E-state index in [9.17, 15) is 0 Å². The minimum absolute atomic E-state index is 0.0342. The predicted octanol–water partition coefficient (Wildman–Crippen LogP) is 1.92. The van der Waals surface area contributed by atoms with Gasteiger partial charge in [-0.2, -0.15) is 0 Å². The number of aromatic amines is 1. The molecule has 1 atom stereocenters. The molecule has 0 aliphatic heterocycles. The van der Waals surface area contributed by atoms with E-state index in [2.05, 4.69) is 20.9 Å². The molecule has 0 bridgehead atoms. The molecule has 0 aliphatic carbocycles. The molecule has 14 heavy (non-hydrogen) atoms. The van der Waals surface area contributed by atoms with E-state index in [-0.39, 0.29) is 12.6 Å². The van der Waals surface area contributed by atoms with Gasteiger partial charge < -0.3 is 15.8 Å². The van der Waals surface area contributed by atoms with E-state index < -0.39 is 0 Å². The molecule has 0 amide bonds. The topological polar surface area (TPSA) is 62.0 Å². The van der Waals surface area contributed by atoms with Crippen LogP contribution in [0.1, 0.15) is 11.6 Å². The van der Waals surface area contributed by atoms with Crippen LogP contribution in [0.3, 0.4) is 0 Å². The zero-order valence-electron chi connectivity index (χ0n) is 7.50. The second-order valence-electron chi connectivity index (χ2n) is 3.23. The van der Waals surface area contributed by atoms with Gasteiger partial charge in [-0.25, -0.2) is 0 Å². The van der Waals surface area contributed by atoms with Crippen molar-refractivity contribution in [3.63, 3.8) is 0 Å². The third kappa shape index (κ3) is 1.56. The van der Waals surface area contributed by atoms with Gasteiger partial charge in [-0.1, -0.05) is 6.07 Å². The van der Waals surface area contributed by atoms with Gasteiger partial charge in [0.2, 0.25) is 0 Å². The van der Waals surface area contributed by atoms with Crippen LogP contribution in [0.5, 0.6) is 0 Å². The smallest absolute Gasteiger partial charge is 0.0624 e. The zero-order valence-corrected chi connectivity index (χ0v) is 9.08. The van der Waals surface area contributed by atoms with Crippen molar-refractivity contribution in [2.24, 2.45) is 5.73 Å². The lowest BCUT2D eigenvalue weighted by Crippen LogP contribution is -2.14. The van der Waals surface area contributed by atoms with Crippen LogP contribution in [0.25, 0.3) is 10.9 Å². The number of aliphatic hydroxyl groups is 1. The lowest BCUT2D eigenvalue weighted by atomic mass is 10.1. The quantitative estimate of drug-likeness (QED) is 0.767. The van der Waals surface area contributed by atoms with Gasteiger partial charge in [0.1, 0.15) is 0 Å². The van der Waals surface area contributed by atoms with Gasteiger partial charge in [0, 0.05) is 21.6 Å². The number of nitrogens with one attached hydrogen (secondary N) is 1. The summed E-state index contributed by atoms with van der Waals surface area (Å²) in [5.74, 6) is 0. The molecule has 1 unspecified atom stereocenters. The number of rotatable bonds is 2. The van der Waals surface area contributed by atoms with Crippen molar-refractivity contribution in [3.8, 4) is 0 Å². The SMILES string of the molecule is NC(CO)c1ccc2[nH]cc(Br)c2c1. The molecule has 1 heterocycles. The first kappa shape index (κ1) is 9.71. The van der Waals surface area contributed by atoms with Crippen LogP contribution in [0.15, 0.2) is 28.9 Å². The first-order valence-corrected chi connectivity index (χ1v) is 5.14. The molecule has 0 fully saturated rings. The van der Waals surface area contributed by atoms with E-state index in [1.54, 1.807) is 0 Å². The van der Waals surface area contributed by atoms with E-state index in [0.717, 1.165) is 20.9 Å². The van der Waals surface area contributed by atoms with Crippen molar-refractivity contribution in [1.82, 2.24) is 4.98 Å². The van der Waals surface area contributed by atoms with Crippen molar-refractivity contribution >= 4 is 26.8 Å². The second-order valence-corrected chi connectivity index (χ2v) is 4.09. The monoisotopic (exact) mass is 254 g/mol. The number of aromatic nitrogens is 1. The molecule has 0 spiro atoms. The average molecular weight is 255 g/mol. The summed E-state index contributed by atoms with van der Waals surface area (Å²) in [6.45, 7) is -0.0342. The Kier molecular flexibility index (Phi) is 2.58. The molecule has 4 N–H and O–H groups in total. The van der Waals surface area contributed by atoms with Gasteiger partial charge in [0.15, 0.2) is 0 Å². The Morgan fingerprint density at radius 2 is 2.29 bits per heavy atom. The summed E-state index contributed by atoms with van der Waals surface area (Å²) in [5, 5.41) is 10.0. The Morgan fingerprint density at radius 3 is 3.00 bits per heavy atom. The van der Waals surface area contributed by atoms with E-state index in [1.165, 1.54) is 0 Å². The number of hydrogen-bond donors (Lipinski definition) is 3. The Bertz CT molecular complexity index is 452.